The predicted molar refractivity (Wildman–Crippen MR) is 86.6 cm³/mol. The lowest BCUT2D eigenvalue weighted by Gasteiger charge is -2.22. The summed E-state index contributed by atoms with van der Waals surface area (Å²) >= 11 is 3.54. The summed E-state index contributed by atoms with van der Waals surface area (Å²) in [6.07, 6.45) is 0.631. The minimum atomic E-state index is -3.13. The molecule has 1 unspecified atom stereocenters. The van der Waals surface area contributed by atoms with E-state index in [1.54, 1.807) is 19.2 Å². The quantitative estimate of drug-likeness (QED) is 0.666. The molecule has 0 saturated carbocycles. The van der Waals surface area contributed by atoms with Gasteiger partial charge >= 0.3 is 0 Å². The predicted octanol–water partition coefficient (Wildman–Crippen LogP) is 2.72. The Morgan fingerprint density at radius 3 is 2.40 bits per heavy atom. The van der Waals surface area contributed by atoms with Gasteiger partial charge in [0.1, 0.15) is 0 Å². The molecule has 0 aliphatic carbocycles. The Hall–Kier alpha value is -0.590. The fourth-order valence-electron chi connectivity index (χ4n) is 1.93. The molecule has 114 valence electrons. The zero-order chi connectivity index (χ0) is 15.2. The Morgan fingerprint density at radius 1 is 1.30 bits per heavy atom. The van der Waals surface area contributed by atoms with E-state index in [4.69, 9.17) is 4.74 Å². The number of rotatable bonds is 8. The van der Waals surface area contributed by atoms with Crippen LogP contribution in [-0.2, 0) is 14.6 Å². The van der Waals surface area contributed by atoms with Crippen LogP contribution in [0.5, 0.6) is 0 Å². The SMILES string of the molecule is CCCS(=O)(=O)c1ccc(N(C)CC(Br)COC)cc1. The molecule has 4 nitrogen and oxygen atoms in total. The minimum Gasteiger partial charge on any atom is -0.383 e. The summed E-state index contributed by atoms with van der Waals surface area (Å²) < 4.78 is 29.0. The van der Waals surface area contributed by atoms with Crippen molar-refractivity contribution in [3.8, 4) is 0 Å². The van der Waals surface area contributed by atoms with E-state index in [1.807, 2.05) is 26.1 Å². The second-order valence-electron chi connectivity index (χ2n) is 4.75. The third-order valence-electron chi connectivity index (χ3n) is 2.93. The molecular formula is C14H22BrNO3S. The molecule has 1 atom stereocenters. The van der Waals surface area contributed by atoms with Crippen LogP contribution >= 0.6 is 15.9 Å². The third kappa shape index (κ3) is 5.07. The Balaban J connectivity index is 2.76. The molecule has 0 fully saturated rings. The van der Waals surface area contributed by atoms with Crippen molar-refractivity contribution >= 4 is 31.5 Å². The standard InChI is InChI=1S/C14H22BrNO3S/c1-4-9-20(17,18)14-7-5-13(6-8-14)16(2)10-12(15)11-19-3/h5-8,12H,4,9-11H2,1-3H3. The van der Waals surface area contributed by atoms with Crippen LogP contribution in [0.3, 0.4) is 0 Å². The maximum atomic E-state index is 11.9. The Morgan fingerprint density at radius 2 is 1.90 bits per heavy atom. The first-order valence-corrected chi connectivity index (χ1v) is 9.14. The van der Waals surface area contributed by atoms with Gasteiger partial charge in [-0.2, -0.15) is 0 Å². The molecule has 0 radical (unpaired) electrons. The van der Waals surface area contributed by atoms with Crippen LogP contribution in [0, 0.1) is 0 Å². The van der Waals surface area contributed by atoms with Gasteiger partial charge in [0, 0.05) is 26.4 Å². The van der Waals surface area contributed by atoms with Crippen LogP contribution in [0.15, 0.2) is 29.2 Å². The molecule has 0 N–H and O–H groups in total. The largest absolute Gasteiger partial charge is 0.383 e. The molecule has 1 aromatic carbocycles. The molecule has 6 heteroatoms. The number of halogens is 1. The smallest absolute Gasteiger partial charge is 0.178 e. The highest BCUT2D eigenvalue weighted by Gasteiger charge is 2.14. The average molecular weight is 364 g/mol. The normalized spacial score (nSPS) is 13.2. The molecule has 0 saturated heterocycles. The Bertz CT molecular complexity index is 502. The van der Waals surface area contributed by atoms with Gasteiger partial charge in [0.25, 0.3) is 0 Å². The van der Waals surface area contributed by atoms with E-state index in [0.29, 0.717) is 17.9 Å². The van der Waals surface area contributed by atoms with E-state index in [0.717, 1.165) is 12.2 Å². The van der Waals surface area contributed by atoms with Gasteiger partial charge in [-0.05, 0) is 30.7 Å². The fraction of sp³-hybridized carbons (Fsp3) is 0.571. The van der Waals surface area contributed by atoms with Crippen LogP contribution in [0.2, 0.25) is 0 Å². The molecule has 0 spiro atoms. The number of hydrogen-bond donors (Lipinski definition) is 0. The van der Waals surface area contributed by atoms with E-state index < -0.39 is 9.84 Å². The van der Waals surface area contributed by atoms with Crippen molar-refractivity contribution in [1.82, 2.24) is 0 Å². The van der Waals surface area contributed by atoms with E-state index >= 15 is 0 Å². The molecule has 20 heavy (non-hydrogen) atoms. The van der Waals surface area contributed by atoms with Crippen molar-refractivity contribution in [3.05, 3.63) is 24.3 Å². The molecule has 0 aliphatic rings. The van der Waals surface area contributed by atoms with Gasteiger partial charge in [-0.15, -0.1) is 0 Å². The van der Waals surface area contributed by atoms with Crippen molar-refractivity contribution in [2.75, 3.05) is 38.0 Å². The summed E-state index contributed by atoms with van der Waals surface area (Å²) in [4.78, 5) is 2.69. The van der Waals surface area contributed by atoms with Crippen LogP contribution in [0.4, 0.5) is 5.69 Å². The van der Waals surface area contributed by atoms with Gasteiger partial charge in [0.2, 0.25) is 0 Å². The van der Waals surface area contributed by atoms with E-state index in [1.165, 1.54) is 0 Å². The molecule has 0 aliphatic heterocycles. The first kappa shape index (κ1) is 17.5. The molecule has 1 aromatic rings. The zero-order valence-corrected chi connectivity index (χ0v) is 14.6. The van der Waals surface area contributed by atoms with Gasteiger partial charge in [0.15, 0.2) is 9.84 Å². The highest BCUT2D eigenvalue weighted by molar-refractivity contribution is 9.09. The molecule has 0 amide bonds. The second-order valence-corrected chi connectivity index (χ2v) is 8.15. The van der Waals surface area contributed by atoms with Crippen molar-refractivity contribution in [2.24, 2.45) is 0 Å². The van der Waals surface area contributed by atoms with Gasteiger partial charge in [-0.25, -0.2) is 8.42 Å². The summed E-state index contributed by atoms with van der Waals surface area (Å²) in [6, 6.07) is 7.04. The molecule has 0 bridgehead atoms. The molecule has 0 heterocycles. The van der Waals surface area contributed by atoms with Crippen molar-refractivity contribution in [1.29, 1.82) is 0 Å². The number of anilines is 1. The minimum absolute atomic E-state index is 0.194. The third-order valence-corrected chi connectivity index (χ3v) is 5.42. The van der Waals surface area contributed by atoms with Crippen molar-refractivity contribution in [2.45, 2.75) is 23.1 Å². The summed E-state index contributed by atoms with van der Waals surface area (Å²) in [7, 11) is 0.508. The first-order valence-electron chi connectivity index (χ1n) is 6.57. The Labute approximate surface area is 130 Å². The monoisotopic (exact) mass is 363 g/mol. The second kappa shape index (κ2) is 8.00. The van der Waals surface area contributed by atoms with Crippen molar-refractivity contribution < 1.29 is 13.2 Å². The number of nitrogens with zero attached hydrogens (tertiary/aromatic N) is 1. The van der Waals surface area contributed by atoms with E-state index in [-0.39, 0.29) is 10.6 Å². The average Bonchev–Trinajstić information content (AvgIpc) is 2.39. The highest BCUT2D eigenvalue weighted by atomic mass is 79.9. The van der Waals surface area contributed by atoms with Gasteiger partial charge in [-0.1, -0.05) is 22.9 Å². The number of ether oxygens (including phenoxy) is 1. The van der Waals surface area contributed by atoms with E-state index in [2.05, 4.69) is 20.8 Å². The maximum Gasteiger partial charge on any atom is 0.178 e. The summed E-state index contributed by atoms with van der Waals surface area (Å²) in [5.41, 5.74) is 0.987. The summed E-state index contributed by atoms with van der Waals surface area (Å²) in [5.74, 6) is 0.194. The van der Waals surface area contributed by atoms with E-state index in [9.17, 15) is 8.42 Å². The number of benzene rings is 1. The number of methoxy groups -OCH3 is 1. The van der Waals surface area contributed by atoms with Crippen LogP contribution in [0.1, 0.15) is 13.3 Å². The van der Waals surface area contributed by atoms with Crippen molar-refractivity contribution in [3.63, 3.8) is 0 Å². The summed E-state index contributed by atoms with van der Waals surface area (Å²) in [5, 5.41) is 0. The number of hydrogen-bond acceptors (Lipinski definition) is 4. The fourth-order valence-corrected chi connectivity index (χ4v) is 3.95. The molecular weight excluding hydrogens is 342 g/mol. The Kier molecular flexibility index (Phi) is 6.99. The molecule has 0 aromatic heterocycles. The lowest BCUT2D eigenvalue weighted by atomic mass is 10.3. The van der Waals surface area contributed by atoms with Crippen LogP contribution in [0.25, 0.3) is 0 Å². The molecule has 1 rings (SSSR count). The number of alkyl halides is 1. The summed E-state index contributed by atoms with van der Waals surface area (Å²) in [6.45, 7) is 3.29. The first-order chi connectivity index (χ1) is 9.40. The zero-order valence-electron chi connectivity index (χ0n) is 12.2. The lowest BCUT2D eigenvalue weighted by molar-refractivity contribution is 0.202. The topological polar surface area (TPSA) is 46.6 Å². The maximum absolute atomic E-state index is 11.9. The van der Waals surface area contributed by atoms with Gasteiger partial charge in [-0.3, -0.25) is 0 Å². The van der Waals surface area contributed by atoms with Crippen LogP contribution in [-0.4, -0.2) is 46.3 Å². The highest BCUT2D eigenvalue weighted by Crippen LogP contribution is 2.19. The lowest BCUT2D eigenvalue weighted by Crippen LogP contribution is -2.28. The van der Waals surface area contributed by atoms with Gasteiger partial charge < -0.3 is 9.64 Å². The van der Waals surface area contributed by atoms with Gasteiger partial charge in [0.05, 0.1) is 22.1 Å². The number of sulfone groups is 1. The van der Waals surface area contributed by atoms with Crippen LogP contribution < -0.4 is 4.90 Å².